The van der Waals surface area contributed by atoms with E-state index in [1.807, 2.05) is 30.9 Å². The zero-order chi connectivity index (χ0) is 26.2. The Balaban J connectivity index is 0.987. The molecular weight excluding hydrogens is 512 g/mol. The van der Waals surface area contributed by atoms with Gasteiger partial charge in [0.2, 0.25) is 0 Å². The number of hydrogen-bond donors (Lipinski definition) is 0. The van der Waals surface area contributed by atoms with Crippen LogP contribution in [0.15, 0.2) is 52.9 Å². The minimum absolute atomic E-state index is 0.332. The predicted octanol–water partition coefficient (Wildman–Crippen LogP) is 4.01. The molecule has 0 unspecified atom stereocenters. The van der Waals surface area contributed by atoms with Gasteiger partial charge in [0.15, 0.2) is 11.6 Å². The molecule has 9 nitrogen and oxygen atoms in total. The molecule has 204 valence electrons. The van der Waals surface area contributed by atoms with E-state index in [1.54, 1.807) is 18.9 Å². The van der Waals surface area contributed by atoms with E-state index in [0.29, 0.717) is 37.4 Å². The molecule has 2 fully saturated rings. The summed E-state index contributed by atoms with van der Waals surface area (Å²) in [6.07, 6.45) is 13.2. The van der Waals surface area contributed by atoms with Crippen molar-refractivity contribution >= 4 is 23.4 Å². The van der Waals surface area contributed by atoms with Crippen LogP contribution in [-0.4, -0.2) is 72.7 Å². The fourth-order valence-corrected chi connectivity index (χ4v) is 7.49. The van der Waals surface area contributed by atoms with E-state index in [9.17, 15) is 0 Å². The van der Waals surface area contributed by atoms with Crippen molar-refractivity contribution in [2.75, 3.05) is 56.6 Å². The third-order valence-corrected chi connectivity index (χ3v) is 9.63. The molecule has 3 aromatic heterocycles. The largest absolute Gasteiger partial charge is 0.486 e. The van der Waals surface area contributed by atoms with Crippen molar-refractivity contribution in [3.8, 4) is 5.75 Å². The van der Waals surface area contributed by atoms with Crippen LogP contribution in [0.25, 0.3) is 0 Å². The molecule has 0 bridgehead atoms. The Morgan fingerprint density at radius 3 is 2.82 bits per heavy atom. The molecule has 0 N–H and O–H groups in total. The summed E-state index contributed by atoms with van der Waals surface area (Å²) in [5, 5.41) is 0.857. The van der Waals surface area contributed by atoms with Gasteiger partial charge in [0, 0.05) is 50.7 Å². The highest BCUT2D eigenvalue weighted by Crippen LogP contribution is 2.46. The van der Waals surface area contributed by atoms with Gasteiger partial charge in [-0.25, -0.2) is 15.0 Å². The fourth-order valence-electron chi connectivity index (χ4n) is 6.69. The van der Waals surface area contributed by atoms with Crippen LogP contribution in [0.1, 0.15) is 30.5 Å². The molecule has 0 aromatic carbocycles. The van der Waals surface area contributed by atoms with Gasteiger partial charge in [0.1, 0.15) is 24.2 Å². The fraction of sp³-hybridized carbons (Fsp3) is 0.517. The molecule has 7 rings (SSSR count). The van der Waals surface area contributed by atoms with Crippen LogP contribution in [0.3, 0.4) is 0 Å². The lowest BCUT2D eigenvalue weighted by molar-refractivity contribution is -0.0414. The van der Waals surface area contributed by atoms with Crippen molar-refractivity contribution in [1.29, 1.82) is 0 Å². The van der Waals surface area contributed by atoms with Gasteiger partial charge in [-0.15, -0.1) is 0 Å². The number of pyridine rings is 2. The standard InChI is InChI=1S/C29H34N6O3S/c1-36-19-37-17-20-11-22-18-38-27-24(4-8-31-28(27)35(22)16-20)39-26-15-32-25(14-33-26)34-9-5-29(6-10-34)12-21-3-2-7-30-23(21)13-29/h2-4,7-8,14-15,20,22H,5-6,9-13,16-19H2,1H3/t20-,22+/m1/s1. The maximum Gasteiger partial charge on any atom is 0.175 e. The van der Waals surface area contributed by atoms with Crippen molar-refractivity contribution in [2.45, 2.75) is 48.1 Å². The van der Waals surface area contributed by atoms with E-state index in [0.717, 1.165) is 66.2 Å². The Bertz CT molecular complexity index is 1290. The first kappa shape index (κ1) is 25.0. The summed E-state index contributed by atoms with van der Waals surface area (Å²) in [5.74, 6) is 3.16. The van der Waals surface area contributed by atoms with Gasteiger partial charge in [-0.3, -0.25) is 4.98 Å². The number of hydrogen-bond acceptors (Lipinski definition) is 10. The zero-order valence-corrected chi connectivity index (χ0v) is 23.1. The summed E-state index contributed by atoms with van der Waals surface area (Å²) in [5.41, 5.74) is 3.10. The smallest absolute Gasteiger partial charge is 0.175 e. The first-order valence-corrected chi connectivity index (χ1v) is 14.6. The number of nitrogens with zero attached hydrogens (tertiary/aromatic N) is 6. The summed E-state index contributed by atoms with van der Waals surface area (Å²) < 4.78 is 16.9. The number of aromatic nitrogens is 4. The van der Waals surface area contributed by atoms with Crippen LogP contribution in [0.5, 0.6) is 5.75 Å². The van der Waals surface area contributed by atoms with Crippen LogP contribution >= 0.6 is 11.8 Å². The van der Waals surface area contributed by atoms with E-state index in [-0.39, 0.29) is 0 Å². The van der Waals surface area contributed by atoms with Crippen LogP contribution in [0.2, 0.25) is 0 Å². The number of methoxy groups -OCH3 is 1. The SMILES string of the molecule is COCOC[C@@H]1C[C@H]2COc3c(Sc4cnc(N5CCC6(CC5)Cc5cccnc5C6)cn4)ccnc3N2C1. The van der Waals surface area contributed by atoms with Gasteiger partial charge in [-0.1, -0.05) is 17.8 Å². The van der Waals surface area contributed by atoms with E-state index in [2.05, 4.69) is 31.9 Å². The highest BCUT2D eigenvalue weighted by Gasteiger charge is 2.41. The lowest BCUT2D eigenvalue weighted by Gasteiger charge is -2.39. The second-order valence-corrected chi connectivity index (χ2v) is 12.3. The van der Waals surface area contributed by atoms with Crippen molar-refractivity contribution in [3.63, 3.8) is 0 Å². The normalized spacial score (nSPS) is 22.9. The van der Waals surface area contributed by atoms with Gasteiger partial charge >= 0.3 is 0 Å². The molecule has 1 aliphatic carbocycles. The van der Waals surface area contributed by atoms with Crippen molar-refractivity contribution in [1.82, 2.24) is 19.9 Å². The third kappa shape index (κ3) is 4.94. The summed E-state index contributed by atoms with van der Waals surface area (Å²) >= 11 is 1.59. The van der Waals surface area contributed by atoms with Gasteiger partial charge in [-0.05, 0) is 55.2 Å². The van der Waals surface area contributed by atoms with Crippen molar-refractivity contribution in [2.24, 2.45) is 11.3 Å². The molecular formula is C29H34N6O3S. The number of rotatable bonds is 7. The molecule has 39 heavy (non-hydrogen) atoms. The van der Waals surface area contributed by atoms with E-state index in [4.69, 9.17) is 24.2 Å². The lowest BCUT2D eigenvalue weighted by Crippen LogP contribution is -2.41. The molecule has 1 spiro atoms. The Morgan fingerprint density at radius 2 is 2.00 bits per heavy atom. The minimum atomic E-state index is 0.332. The highest BCUT2D eigenvalue weighted by atomic mass is 32.2. The molecule has 10 heteroatoms. The summed E-state index contributed by atoms with van der Waals surface area (Å²) in [6.45, 7) is 4.62. The lowest BCUT2D eigenvalue weighted by atomic mass is 9.76. The Morgan fingerprint density at radius 1 is 1.08 bits per heavy atom. The number of fused-ring (bicyclic) bond motifs is 4. The third-order valence-electron chi connectivity index (χ3n) is 8.67. The van der Waals surface area contributed by atoms with Gasteiger partial charge < -0.3 is 24.0 Å². The molecule has 2 saturated heterocycles. The summed E-state index contributed by atoms with van der Waals surface area (Å²) in [6, 6.07) is 6.65. The molecule has 0 saturated carbocycles. The van der Waals surface area contributed by atoms with Crippen LogP contribution < -0.4 is 14.5 Å². The average molecular weight is 547 g/mol. The number of anilines is 2. The van der Waals surface area contributed by atoms with E-state index >= 15 is 0 Å². The maximum absolute atomic E-state index is 6.25. The molecule has 3 aliphatic heterocycles. The van der Waals surface area contributed by atoms with E-state index in [1.165, 1.54) is 24.1 Å². The van der Waals surface area contributed by atoms with Gasteiger partial charge in [0.05, 0.1) is 29.9 Å². The highest BCUT2D eigenvalue weighted by molar-refractivity contribution is 7.99. The van der Waals surface area contributed by atoms with Crippen LogP contribution in [-0.2, 0) is 22.3 Å². The summed E-state index contributed by atoms with van der Waals surface area (Å²) in [4.78, 5) is 24.7. The summed E-state index contributed by atoms with van der Waals surface area (Å²) in [7, 11) is 1.65. The Hall–Kier alpha value is -2.95. The number of ether oxygens (including phenoxy) is 3. The molecule has 0 radical (unpaired) electrons. The zero-order valence-electron chi connectivity index (χ0n) is 22.3. The quantitative estimate of drug-likeness (QED) is 0.320. The number of piperidine rings is 1. The second kappa shape index (κ2) is 10.6. The molecule has 4 aliphatic rings. The maximum atomic E-state index is 6.25. The molecule has 6 heterocycles. The second-order valence-electron chi connectivity index (χ2n) is 11.2. The van der Waals surface area contributed by atoms with E-state index < -0.39 is 0 Å². The first-order valence-electron chi connectivity index (χ1n) is 13.8. The van der Waals surface area contributed by atoms with Crippen LogP contribution in [0, 0.1) is 11.3 Å². The monoisotopic (exact) mass is 546 g/mol. The predicted molar refractivity (Wildman–Crippen MR) is 148 cm³/mol. The van der Waals surface area contributed by atoms with Gasteiger partial charge in [0.25, 0.3) is 0 Å². The van der Waals surface area contributed by atoms with Crippen molar-refractivity contribution in [3.05, 3.63) is 54.2 Å². The first-order chi connectivity index (χ1) is 19.2. The minimum Gasteiger partial charge on any atom is -0.486 e. The van der Waals surface area contributed by atoms with Gasteiger partial charge in [-0.2, -0.15) is 0 Å². The average Bonchev–Trinajstić information content (AvgIpc) is 3.55. The van der Waals surface area contributed by atoms with Crippen molar-refractivity contribution < 1.29 is 14.2 Å². The molecule has 2 atom stereocenters. The Labute approximate surface area is 233 Å². The molecule has 3 aromatic rings. The molecule has 0 amide bonds. The van der Waals surface area contributed by atoms with Crippen LogP contribution in [0.4, 0.5) is 11.6 Å². The topological polar surface area (TPSA) is 85.7 Å². The Kier molecular flexibility index (Phi) is 6.78.